The molecule has 0 radical (unpaired) electrons. The predicted octanol–water partition coefficient (Wildman–Crippen LogP) is 2.28. The minimum atomic E-state index is -4.76. The molecule has 0 aliphatic heterocycles. The summed E-state index contributed by atoms with van der Waals surface area (Å²) in [7, 11) is 0. The highest BCUT2D eigenvalue weighted by Crippen LogP contribution is 2.31. The average molecular weight is 241 g/mol. The third-order valence-corrected chi connectivity index (χ3v) is 2.06. The van der Waals surface area contributed by atoms with Crippen LogP contribution in [0.3, 0.4) is 0 Å². The zero-order chi connectivity index (χ0) is 11.6. The van der Waals surface area contributed by atoms with Crippen molar-refractivity contribution in [2.45, 2.75) is 12.9 Å². The summed E-state index contributed by atoms with van der Waals surface area (Å²) in [5.41, 5.74) is 11.0. The van der Waals surface area contributed by atoms with Crippen LogP contribution in [0.1, 0.15) is 5.56 Å². The van der Waals surface area contributed by atoms with Crippen LogP contribution in [0.4, 0.5) is 18.9 Å². The fourth-order valence-corrected chi connectivity index (χ4v) is 1.21. The van der Waals surface area contributed by atoms with Crippen LogP contribution in [0.2, 0.25) is 5.02 Å². The van der Waals surface area contributed by atoms with Crippen molar-refractivity contribution < 1.29 is 17.9 Å². The van der Waals surface area contributed by atoms with Crippen molar-refractivity contribution >= 4 is 17.3 Å². The minimum absolute atomic E-state index is 0.00105. The fraction of sp³-hybridized carbons (Fsp3) is 0.250. The number of anilines is 1. The first-order chi connectivity index (χ1) is 6.83. The molecule has 1 aromatic rings. The summed E-state index contributed by atoms with van der Waals surface area (Å²) in [4.78, 5) is 0. The van der Waals surface area contributed by atoms with Gasteiger partial charge in [0.25, 0.3) is 0 Å². The number of nitrogens with two attached hydrogens (primary N) is 2. The average Bonchev–Trinajstić information content (AvgIpc) is 2.08. The summed E-state index contributed by atoms with van der Waals surface area (Å²) in [5.74, 6) is -0.426. The molecule has 0 saturated heterocycles. The lowest BCUT2D eigenvalue weighted by molar-refractivity contribution is -0.274. The molecule has 0 unspecified atom stereocenters. The third-order valence-electron chi connectivity index (χ3n) is 1.60. The topological polar surface area (TPSA) is 61.3 Å². The number of rotatable bonds is 2. The van der Waals surface area contributed by atoms with Crippen molar-refractivity contribution in [3.05, 3.63) is 22.7 Å². The van der Waals surface area contributed by atoms with Crippen molar-refractivity contribution in [2.24, 2.45) is 5.73 Å². The summed E-state index contributed by atoms with van der Waals surface area (Å²) >= 11 is 5.69. The van der Waals surface area contributed by atoms with Crippen molar-refractivity contribution in [3.63, 3.8) is 0 Å². The molecule has 1 aromatic carbocycles. The van der Waals surface area contributed by atoms with Crippen LogP contribution in [0.25, 0.3) is 0 Å². The number of hydrogen-bond donors (Lipinski definition) is 2. The van der Waals surface area contributed by atoms with E-state index in [4.69, 9.17) is 23.1 Å². The SMILES string of the molecule is NCc1cc(OC(F)(F)F)cc(N)c1Cl. The van der Waals surface area contributed by atoms with Gasteiger partial charge < -0.3 is 16.2 Å². The summed E-state index contributed by atoms with van der Waals surface area (Å²) < 4.78 is 39.3. The standard InChI is InChI=1S/C8H8ClF3N2O/c9-7-4(3-13)1-5(2-6(7)14)15-8(10,11)12/h1-2H,3,13-14H2. The molecular weight excluding hydrogens is 233 g/mol. The van der Waals surface area contributed by atoms with Crippen molar-refractivity contribution in [2.75, 3.05) is 5.73 Å². The number of ether oxygens (including phenoxy) is 1. The monoisotopic (exact) mass is 240 g/mol. The minimum Gasteiger partial charge on any atom is -0.406 e. The van der Waals surface area contributed by atoms with Gasteiger partial charge in [0.2, 0.25) is 0 Å². The van der Waals surface area contributed by atoms with Crippen LogP contribution in [0.5, 0.6) is 5.75 Å². The molecule has 0 aromatic heterocycles. The van der Waals surface area contributed by atoms with Gasteiger partial charge in [0.15, 0.2) is 0 Å². The molecule has 0 atom stereocenters. The number of alkyl halides is 3. The van der Waals surface area contributed by atoms with Gasteiger partial charge in [-0.15, -0.1) is 13.2 Å². The van der Waals surface area contributed by atoms with Crippen LogP contribution >= 0.6 is 11.6 Å². The van der Waals surface area contributed by atoms with Crippen molar-refractivity contribution in [1.29, 1.82) is 0 Å². The molecule has 84 valence electrons. The van der Waals surface area contributed by atoms with Crippen molar-refractivity contribution in [3.8, 4) is 5.75 Å². The molecule has 0 heterocycles. The Bertz CT molecular complexity index is 368. The van der Waals surface area contributed by atoms with E-state index in [-0.39, 0.29) is 17.3 Å². The number of nitrogen functional groups attached to an aromatic ring is 1. The summed E-state index contributed by atoms with van der Waals surface area (Å²) in [6.07, 6.45) is -4.76. The first kappa shape index (κ1) is 11.9. The molecule has 0 aliphatic rings. The number of benzene rings is 1. The molecule has 0 saturated carbocycles. The second-order valence-electron chi connectivity index (χ2n) is 2.74. The fourth-order valence-electron chi connectivity index (χ4n) is 1.02. The van der Waals surface area contributed by atoms with Gasteiger partial charge in [0.05, 0.1) is 10.7 Å². The second kappa shape index (κ2) is 4.16. The lowest BCUT2D eigenvalue weighted by atomic mass is 10.2. The molecule has 0 aliphatic carbocycles. The highest BCUT2D eigenvalue weighted by atomic mass is 35.5. The van der Waals surface area contributed by atoms with Crippen LogP contribution < -0.4 is 16.2 Å². The number of hydrogen-bond acceptors (Lipinski definition) is 3. The quantitative estimate of drug-likeness (QED) is 0.780. The van der Waals surface area contributed by atoms with Gasteiger partial charge in [-0.3, -0.25) is 0 Å². The zero-order valence-electron chi connectivity index (χ0n) is 7.44. The van der Waals surface area contributed by atoms with E-state index in [9.17, 15) is 13.2 Å². The molecular formula is C8H8ClF3N2O. The van der Waals surface area contributed by atoms with E-state index in [0.717, 1.165) is 12.1 Å². The Morgan fingerprint density at radius 3 is 2.40 bits per heavy atom. The maximum absolute atomic E-state index is 11.9. The van der Waals surface area contributed by atoms with Crippen LogP contribution in [0.15, 0.2) is 12.1 Å². The lowest BCUT2D eigenvalue weighted by Crippen LogP contribution is -2.17. The van der Waals surface area contributed by atoms with Crippen molar-refractivity contribution in [1.82, 2.24) is 0 Å². The van der Waals surface area contributed by atoms with E-state index in [2.05, 4.69) is 4.74 Å². The first-order valence-electron chi connectivity index (χ1n) is 3.87. The second-order valence-corrected chi connectivity index (χ2v) is 3.12. The molecule has 0 fully saturated rings. The summed E-state index contributed by atoms with van der Waals surface area (Å²) in [6.45, 7) is -0.0158. The lowest BCUT2D eigenvalue weighted by Gasteiger charge is -2.12. The van der Waals surface area contributed by atoms with Crippen LogP contribution in [-0.2, 0) is 6.54 Å². The summed E-state index contributed by atoms with van der Waals surface area (Å²) in [6, 6.07) is 2.10. The Hall–Kier alpha value is -1.14. The highest BCUT2D eigenvalue weighted by molar-refractivity contribution is 6.33. The van der Waals surface area contributed by atoms with Gasteiger partial charge in [-0.25, -0.2) is 0 Å². The van der Waals surface area contributed by atoms with Crippen LogP contribution in [0, 0.1) is 0 Å². The largest absolute Gasteiger partial charge is 0.573 e. The first-order valence-corrected chi connectivity index (χ1v) is 4.25. The molecule has 4 N–H and O–H groups in total. The maximum Gasteiger partial charge on any atom is 0.573 e. The van der Waals surface area contributed by atoms with Gasteiger partial charge in [-0.2, -0.15) is 0 Å². The smallest absolute Gasteiger partial charge is 0.406 e. The van der Waals surface area contributed by atoms with E-state index >= 15 is 0 Å². The Labute approximate surface area is 88.8 Å². The molecule has 15 heavy (non-hydrogen) atoms. The van der Waals surface area contributed by atoms with E-state index in [1.54, 1.807) is 0 Å². The molecule has 0 spiro atoms. The molecule has 1 rings (SSSR count). The Morgan fingerprint density at radius 1 is 1.33 bits per heavy atom. The molecule has 0 bridgehead atoms. The Balaban J connectivity index is 3.06. The van der Waals surface area contributed by atoms with E-state index in [1.807, 2.05) is 0 Å². The molecule has 3 nitrogen and oxygen atoms in total. The van der Waals surface area contributed by atoms with E-state index < -0.39 is 12.1 Å². The third kappa shape index (κ3) is 3.17. The van der Waals surface area contributed by atoms with Crippen LogP contribution in [-0.4, -0.2) is 6.36 Å². The summed E-state index contributed by atoms with van der Waals surface area (Å²) in [5, 5.41) is 0.145. The van der Waals surface area contributed by atoms with E-state index in [0.29, 0.717) is 5.56 Å². The highest BCUT2D eigenvalue weighted by Gasteiger charge is 2.31. The Kier molecular flexibility index (Phi) is 3.31. The zero-order valence-corrected chi connectivity index (χ0v) is 8.19. The van der Waals surface area contributed by atoms with Gasteiger partial charge in [-0.05, 0) is 11.6 Å². The van der Waals surface area contributed by atoms with Gasteiger partial charge >= 0.3 is 6.36 Å². The predicted molar refractivity (Wildman–Crippen MR) is 50.4 cm³/mol. The molecule has 0 amide bonds. The van der Waals surface area contributed by atoms with Gasteiger partial charge in [-0.1, -0.05) is 11.6 Å². The number of halogens is 4. The Morgan fingerprint density at radius 2 is 1.93 bits per heavy atom. The van der Waals surface area contributed by atoms with E-state index in [1.165, 1.54) is 0 Å². The van der Waals surface area contributed by atoms with Gasteiger partial charge in [0.1, 0.15) is 5.75 Å². The normalized spacial score (nSPS) is 11.5. The maximum atomic E-state index is 11.9. The molecule has 7 heteroatoms. The van der Waals surface area contributed by atoms with Gasteiger partial charge in [0, 0.05) is 12.6 Å².